The van der Waals surface area contributed by atoms with Gasteiger partial charge in [0, 0.05) is 11.3 Å². The van der Waals surface area contributed by atoms with Crippen LogP contribution < -0.4 is 0 Å². The molecule has 2 bridgehead atoms. The topological polar surface area (TPSA) is 17.1 Å². The zero-order valence-corrected chi connectivity index (χ0v) is 7.47. The number of halogens is 1. The Morgan fingerprint density at radius 3 is 2.45 bits per heavy atom. The monoisotopic (exact) mass is 172 g/mol. The van der Waals surface area contributed by atoms with Gasteiger partial charge in [-0.3, -0.25) is 4.79 Å². The molecule has 2 rings (SSSR count). The van der Waals surface area contributed by atoms with E-state index in [0.717, 1.165) is 18.8 Å². The molecule has 0 aliphatic heterocycles. The van der Waals surface area contributed by atoms with E-state index in [1.54, 1.807) is 6.92 Å². The first-order valence-corrected chi connectivity index (χ1v) is 4.76. The van der Waals surface area contributed by atoms with Crippen molar-refractivity contribution in [1.82, 2.24) is 0 Å². The molecule has 0 N–H and O–H groups in total. The summed E-state index contributed by atoms with van der Waals surface area (Å²) in [6.07, 6.45) is 3.47. The van der Waals surface area contributed by atoms with Gasteiger partial charge in [0.2, 0.25) is 0 Å². The number of carbonyl (C=O) groups is 1. The van der Waals surface area contributed by atoms with Gasteiger partial charge in [0.25, 0.3) is 0 Å². The van der Waals surface area contributed by atoms with Crippen molar-refractivity contribution in [3.05, 3.63) is 0 Å². The van der Waals surface area contributed by atoms with E-state index in [1.165, 1.54) is 6.42 Å². The molecule has 2 heteroatoms. The molecule has 4 atom stereocenters. The first-order valence-electron chi connectivity index (χ1n) is 4.33. The van der Waals surface area contributed by atoms with Crippen LogP contribution in [0, 0.1) is 17.8 Å². The molecule has 0 aromatic heterocycles. The molecule has 0 amide bonds. The number of ketones is 1. The third kappa shape index (κ3) is 1.10. The molecule has 0 saturated heterocycles. The predicted molar refractivity (Wildman–Crippen MR) is 44.6 cm³/mol. The minimum Gasteiger partial charge on any atom is -0.300 e. The molecule has 2 saturated carbocycles. The fourth-order valence-corrected chi connectivity index (χ4v) is 3.26. The van der Waals surface area contributed by atoms with Crippen molar-refractivity contribution >= 4 is 17.4 Å². The van der Waals surface area contributed by atoms with Gasteiger partial charge in [-0.1, -0.05) is 0 Å². The Kier molecular flexibility index (Phi) is 1.71. The van der Waals surface area contributed by atoms with E-state index in [2.05, 4.69) is 0 Å². The van der Waals surface area contributed by atoms with Crippen LogP contribution in [0.25, 0.3) is 0 Å². The van der Waals surface area contributed by atoms with E-state index in [1.807, 2.05) is 0 Å². The number of fused-ring (bicyclic) bond motifs is 2. The highest BCUT2D eigenvalue weighted by atomic mass is 35.5. The van der Waals surface area contributed by atoms with Gasteiger partial charge in [-0.15, -0.1) is 11.6 Å². The average Bonchev–Trinajstić information content (AvgIpc) is 2.43. The zero-order valence-electron chi connectivity index (χ0n) is 6.72. The molecule has 0 heterocycles. The number of hydrogen-bond donors (Lipinski definition) is 0. The highest BCUT2D eigenvalue weighted by Gasteiger charge is 2.46. The van der Waals surface area contributed by atoms with Gasteiger partial charge in [0.05, 0.1) is 0 Å². The summed E-state index contributed by atoms with van der Waals surface area (Å²) in [5, 5.41) is 0.294. The first-order chi connectivity index (χ1) is 5.18. The van der Waals surface area contributed by atoms with Gasteiger partial charge in [-0.2, -0.15) is 0 Å². The quantitative estimate of drug-likeness (QED) is 0.555. The SMILES string of the molecule is CC(=O)C1CC2CC(Cl)C1C2. The van der Waals surface area contributed by atoms with Gasteiger partial charge in [0.15, 0.2) is 0 Å². The molecule has 2 aliphatic carbocycles. The van der Waals surface area contributed by atoms with E-state index in [9.17, 15) is 4.79 Å². The molecule has 2 fully saturated rings. The molecule has 62 valence electrons. The Balaban J connectivity index is 2.12. The van der Waals surface area contributed by atoms with Crippen LogP contribution in [0.15, 0.2) is 0 Å². The van der Waals surface area contributed by atoms with Crippen LogP contribution in [0.2, 0.25) is 0 Å². The zero-order chi connectivity index (χ0) is 8.01. The molecule has 11 heavy (non-hydrogen) atoms. The van der Waals surface area contributed by atoms with Crippen molar-refractivity contribution < 1.29 is 4.79 Å². The normalized spacial score (nSPS) is 48.2. The second-order valence-corrected chi connectivity index (χ2v) is 4.53. The third-order valence-electron chi connectivity index (χ3n) is 3.25. The highest BCUT2D eigenvalue weighted by Crippen LogP contribution is 2.50. The number of Topliss-reactive ketones (excluding diaryl/α,β-unsaturated/α-hetero) is 1. The second kappa shape index (κ2) is 2.48. The van der Waals surface area contributed by atoms with Crippen LogP contribution >= 0.6 is 11.6 Å². The van der Waals surface area contributed by atoms with E-state index in [-0.39, 0.29) is 0 Å². The minimum absolute atomic E-state index is 0.294. The third-order valence-corrected chi connectivity index (χ3v) is 3.76. The molecule has 2 aliphatic rings. The maximum atomic E-state index is 11.1. The molecular weight excluding hydrogens is 160 g/mol. The standard InChI is InChI=1S/C9H13ClO/c1-5(11)7-2-6-3-8(7)9(10)4-6/h6-9H,2-4H2,1H3. The Labute approximate surface area is 72.1 Å². The van der Waals surface area contributed by atoms with Gasteiger partial charge >= 0.3 is 0 Å². The minimum atomic E-state index is 0.294. The fourth-order valence-electron chi connectivity index (χ4n) is 2.73. The van der Waals surface area contributed by atoms with Crippen LogP contribution in [-0.2, 0) is 4.79 Å². The number of carbonyl (C=O) groups excluding carboxylic acids is 1. The summed E-state index contributed by atoms with van der Waals surface area (Å²) in [6, 6.07) is 0. The molecule has 4 unspecified atom stereocenters. The summed E-state index contributed by atoms with van der Waals surface area (Å²) >= 11 is 6.10. The lowest BCUT2D eigenvalue weighted by Crippen LogP contribution is -2.25. The Hall–Kier alpha value is -0.0400. The van der Waals surface area contributed by atoms with Crippen molar-refractivity contribution in [2.75, 3.05) is 0 Å². The maximum absolute atomic E-state index is 11.1. The van der Waals surface area contributed by atoms with E-state index < -0.39 is 0 Å². The van der Waals surface area contributed by atoms with Crippen molar-refractivity contribution in [1.29, 1.82) is 0 Å². The molecule has 0 aromatic carbocycles. The lowest BCUT2D eigenvalue weighted by Gasteiger charge is -2.22. The summed E-state index contributed by atoms with van der Waals surface area (Å²) in [6.45, 7) is 1.70. The van der Waals surface area contributed by atoms with Gasteiger partial charge in [-0.25, -0.2) is 0 Å². The highest BCUT2D eigenvalue weighted by molar-refractivity contribution is 6.21. The van der Waals surface area contributed by atoms with Crippen molar-refractivity contribution in [3.63, 3.8) is 0 Å². The number of rotatable bonds is 1. The van der Waals surface area contributed by atoms with Crippen molar-refractivity contribution in [2.45, 2.75) is 31.6 Å². The fraction of sp³-hybridized carbons (Fsp3) is 0.889. The van der Waals surface area contributed by atoms with Crippen LogP contribution in [-0.4, -0.2) is 11.2 Å². The molecular formula is C9H13ClO. The van der Waals surface area contributed by atoms with Crippen molar-refractivity contribution in [3.8, 4) is 0 Å². The van der Waals surface area contributed by atoms with Crippen LogP contribution in [0.1, 0.15) is 26.2 Å². The maximum Gasteiger partial charge on any atom is 0.133 e. The average molecular weight is 173 g/mol. The van der Waals surface area contributed by atoms with Crippen LogP contribution in [0.4, 0.5) is 0 Å². The first kappa shape index (κ1) is 7.60. The summed E-state index contributed by atoms with van der Waals surface area (Å²) in [4.78, 5) is 11.1. The molecule has 0 radical (unpaired) electrons. The lowest BCUT2D eigenvalue weighted by molar-refractivity contribution is -0.122. The molecule has 1 nitrogen and oxygen atoms in total. The van der Waals surface area contributed by atoms with Gasteiger partial charge < -0.3 is 0 Å². The summed E-state index contributed by atoms with van der Waals surface area (Å²) in [7, 11) is 0. The summed E-state index contributed by atoms with van der Waals surface area (Å²) < 4.78 is 0. The van der Waals surface area contributed by atoms with Gasteiger partial charge in [-0.05, 0) is 38.0 Å². The number of alkyl halides is 1. The van der Waals surface area contributed by atoms with Crippen molar-refractivity contribution in [2.24, 2.45) is 17.8 Å². The molecule has 0 spiro atoms. The van der Waals surface area contributed by atoms with Gasteiger partial charge in [0.1, 0.15) is 5.78 Å². The van der Waals surface area contributed by atoms with Crippen LogP contribution in [0.3, 0.4) is 0 Å². The predicted octanol–water partition coefficient (Wildman–Crippen LogP) is 2.23. The largest absolute Gasteiger partial charge is 0.300 e. The van der Waals surface area contributed by atoms with E-state index in [4.69, 9.17) is 11.6 Å². The molecule has 0 aromatic rings. The Morgan fingerprint density at radius 2 is 2.09 bits per heavy atom. The smallest absolute Gasteiger partial charge is 0.133 e. The van der Waals surface area contributed by atoms with E-state index >= 15 is 0 Å². The lowest BCUT2D eigenvalue weighted by atomic mass is 9.86. The summed E-state index contributed by atoms with van der Waals surface area (Å²) in [5.74, 6) is 1.93. The van der Waals surface area contributed by atoms with E-state index in [0.29, 0.717) is 23.0 Å². The Morgan fingerprint density at radius 1 is 1.36 bits per heavy atom. The Bertz CT molecular complexity index is 190. The van der Waals surface area contributed by atoms with Crippen LogP contribution in [0.5, 0.6) is 0 Å². The summed E-state index contributed by atoms with van der Waals surface area (Å²) in [5.41, 5.74) is 0. The number of hydrogen-bond acceptors (Lipinski definition) is 1. The second-order valence-electron chi connectivity index (χ2n) is 3.97.